The Balaban J connectivity index is 1.68. The minimum atomic E-state index is 0.281. The van der Waals surface area contributed by atoms with E-state index in [-0.39, 0.29) is 5.41 Å². The van der Waals surface area contributed by atoms with Crippen LogP contribution in [0.5, 0.6) is 0 Å². The molecule has 3 nitrogen and oxygen atoms in total. The lowest BCUT2D eigenvalue weighted by Crippen LogP contribution is -2.45. The van der Waals surface area contributed by atoms with E-state index in [4.69, 9.17) is 4.74 Å². The van der Waals surface area contributed by atoms with Crippen molar-refractivity contribution in [2.75, 3.05) is 37.7 Å². The van der Waals surface area contributed by atoms with Gasteiger partial charge >= 0.3 is 0 Å². The Morgan fingerprint density at radius 3 is 2.62 bits per heavy atom. The minimum absolute atomic E-state index is 0.281. The molecule has 3 rings (SSSR count). The third-order valence-electron chi connectivity index (χ3n) is 4.84. The highest BCUT2D eigenvalue weighted by molar-refractivity contribution is 5.47. The van der Waals surface area contributed by atoms with E-state index in [1.165, 1.54) is 30.5 Å². The molecule has 116 valence electrons. The number of aryl methyl sites for hydroxylation is 1. The predicted octanol–water partition coefficient (Wildman–Crippen LogP) is 2.98. The van der Waals surface area contributed by atoms with Gasteiger partial charge in [-0.15, -0.1) is 0 Å². The maximum absolute atomic E-state index is 5.75. The molecule has 1 atom stereocenters. The highest BCUT2D eigenvalue weighted by Crippen LogP contribution is 2.32. The summed E-state index contributed by atoms with van der Waals surface area (Å²) in [6.07, 6.45) is 3.88. The summed E-state index contributed by atoms with van der Waals surface area (Å²) in [6.45, 7) is 9.44. The first-order valence-corrected chi connectivity index (χ1v) is 8.33. The molecule has 1 heterocycles. The molecule has 3 heteroatoms. The van der Waals surface area contributed by atoms with Crippen LogP contribution in [0, 0.1) is 12.3 Å². The van der Waals surface area contributed by atoms with Crippen LogP contribution >= 0.6 is 0 Å². The molecule has 1 aliphatic carbocycles. The van der Waals surface area contributed by atoms with Gasteiger partial charge in [0.25, 0.3) is 0 Å². The van der Waals surface area contributed by atoms with Crippen molar-refractivity contribution in [3.8, 4) is 0 Å². The zero-order chi connectivity index (χ0) is 14.7. The quantitative estimate of drug-likeness (QED) is 0.835. The molecule has 0 bridgehead atoms. The predicted molar refractivity (Wildman–Crippen MR) is 88.0 cm³/mol. The molecule has 0 amide bonds. The molecule has 1 unspecified atom stereocenters. The molecule has 1 saturated heterocycles. The number of hydrogen-bond acceptors (Lipinski definition) is 3. The molecule has 1 saturated carbocycles. The van der Waals surface area contributed by atoms with Gasteiger partial charge in [0.2, 0.25) is 0 Å². The van der Waals surface area contributed by atoms with Crippen molar-refractivity contribution in [2.24, 2.45) is 5.41 Å². The summed E-state index contributed by atoms with van der Waals surface area (Å²) in [5.74, 6) is 0. The molecule has 2 fully saturated rings. The largest absolute Gasteiger partial charge is 0.381 e. The molecule has 21 heavy (non-hydrogen) atoms. The molecular formula is C18H28N2O. The Morgan fingerprint density at radius 2 is 2.05 bits per heavy atom. The van der Waals surface area contributed by atoms with Crippen molar-refractivity contribution >= 4 is 5.69 Å². The summed E-state index contributed by atoms with van der Waals surface area (Å²) < 4.78 is 5.75. The summed E-state index contributed by atoms with van der Waals surface area (Å²) in [6, 6.07) is 9.68. The summed E-state index contributed by atoms with van der Waals surface area (Å²) in [4.78, 5) is 2.50. The summed E-state index contributed by atoms with van der Waals surface area (Å²) in [5.41, 5.74) is 2.94. The highest BCUT2D eigenvalue weighted by atomic mass is 16.5. The molecular weight excluding hydrogens is 260 g/mol. The highest BCUT2D eigenvalue weighted by Gasteiger charge is 2.38. The normalized spacial score (nSPS) is 25.2. The fourth-order valence-corrected chi connectivity index (χ4v) is 3.16. The SMILES string of the molecule is CCN(CC1(CNC2CC2)CCOC1)c1ccc(C)cc1. The van der Waals surface area contributed by atoms with Crippen LogP contribution < -0.4 is 10.2 Å². The smallest absolute Gasteiger partial charge is 0.0552 e. The number of ether oxygens (including phenoxy) is 1. The Bertz CT molecular complexity index is 447. The average Bonchev–Trinajstić information content (AvgIpc) is 3.23. The second-order valence-electron chi connectivity index (χ2n) is 6.81. The maximum Gasteiger partial charge on any atom is 0.0552 e. The Morgan fingerprint density at radius 1 is 1.29 bits per heavy atom. The van der Waals surface area contributed by atoms with Gasteiger partial charge in [-0.25, -0.2) is 0 Å². The van der Waals surface area contributed by atoms with Gasteiger partial charge in [-0.05, 0) is 45.2 Å². The molecule has 0 aromatic heterocycles. The van der Waals surface area contributed by atoms with Gasteiger partial charge < -0.3 is 15.0 Å². The van der Waals surface area contributed by atoms with Crippen molar-refractivity contribution in [1.82, 2.24) is 5.32 Å². The van der Waals surface area contributed by atoms with E-state index >= 15 is 0 Å². The van der Waals surface area contributed by atoms with Gasteiger partial charge in [0, 0.05) is 43.4 Å². The Labute approximate surface area is 128 Å². The van der Waals surface area contributed by atoms with E-state index in [2.05, 4.69) is 48.3 Å². The second kappa shape index (κ2) is 6.37. The van der Waals surface area contributed by atoms with Gasteiger partial charge in [0.1, 0.15) is 0 Å². The summed E-state index contributed by atoms with van der Waals surface area (Å²) >= 11 is 0. The first kappa shape index (κ1) is 14.9. The fraction of sp³-hybridized carbons (Fsp3) is 0.667. The topological polar surface area (TPSA) is 24.5 Å². The van der Waals surface area contributed by atoms with Crippen LogP contribution in [-0.4, -0.2) is 38.9 Å². The van der Waals surface area contributed by atoms with E-state index in [0.29, 0.717) is 0 Å². The summed E-state index contributed by atoms with van der Waals surface area (Å²) in [5, 5.41) is 3.72. The molecule has 0 radical (unpaired) electrons. The van der Waals surface area contributed by atoms with Crippen LogP contribution in [0.1, 0.15) is 31.7 Å². The van der Waals surface area contributed by atoms with Crippen LogP contribution in [-0.2, 0) is 4.74 Å². The van der Waals surface area contributed by atoms with Crippen LogP contribution in [0.15, 0.2) is 24.3 Å². The van der Waals surface area contributed by atoms with Crippen LogP contribution in [0.2, 0.25) is 0 Å². The summed E-state index contributed by atoms with van der Waals surface area (Å²) in [7, 11) is 0. The van der Waals surface area contributed by atoms with Crippen molar-refractivity contribution in [3.63, 3.8) is 0 Å². The maximum atomic E-state index is 5.75. The van der Waals surface area contributed by atoms with E-state index in [1.54, 1.807) is 0 Å². The van der Waals surface area contributed by atoms with Gasteiger partial charge in [-0.1, -0.05) is 17.7 Å². The van der Waals surface area contributed by atoms with Crippen LogP contribution in [0.4, 0.5) is 5.69 Å². The van der Waals surface area contributed by atoms with Crippen LogP contribution in [0.25, 0.3) is 0 Å². The van der Waals surface area contributed by atoms with Gasteiger partial charge in [0.05, 0.1) is 6.61 Å². The Kier molecular flexibility index (Phi) is 4.51. The zero-order valence-electron chi connectivity index (χ0n) is 13.4. The third kappa shape index (κ3) is 3.78. The molecule has 2 aliphatic rings. The van der Waals surface area contributed by atoms with Crippen molar-refractivity contribution in [3.05, 3.63) is 29.8 Å². The first-order chi connectivity index (χ1) is 10.2. The molecule has 0 spiro atoms. The number of nitrogens with zero attached hydrogens (tertiary/aromatic N) is 1. The fourth-order valence-electron chi connectivity index (χ4n) is 3.16. The number of hydrogen-bond donors (Lipinski definition) is 1. The average molecular weight is 288 g/mol. The van der Waals surface area contributed by atoms with E-state index in [9.17, 15) is 0 Å². The molecule has 1 aromatic carbocycles. The second-order valence-corrected chi connectivity index (χ2v) is 6.81. The first-order valence-electron chi connectivity index (χ1n) is 8.33. The Hall–Kier alpha value is -1.06. The van der Waals surface area contributed by atoms with E-state index in [1.807, 2.05) is 0 Å². The van der Waals surface area contributed by atoms with Gasteiger partial charge in [-0.2, -0.15) is 0 Å². The molecule has 1 N–H and O–H groups in total. The van der Waals surface area contributed by atoms with Crippen LogP contribution in [0.3, 0.4) is 0 Å². The third-order valence-corrected chi connectivity index (χ3v) is 4.84. The lowest BCUT2D eigenvalue weighted by atomic mass is 9.86. The van der Waals surface area contributed by atoms with E-state index < -0.39 is 0 Å². The minimum Gasteiger partial charge on any atom is -0.381 e. The molecule has 1 aliphatic heterocycles. The van der Waals surface area contributed by atoms with Crippen molar-refractivity contribution in [2.45, 2.75) is 39.2 Å². The molecule has 1 aromatic rings. The number of benzene rings is 1. The zero-order valence-corrected chi connectivity index (χ0v) is 13.4. The number of nitrogens with one attached hydrogen (secondary N) is 1. The van der Waals surface area contributed by atoms with Gasteiger partial charge in [0.15, 0.2) is 0 Å². The van der Waals surface area contributed by atoms with Crippen molar-refractivity contribution in [1.29, 1.82) is 0 Å². The monoisotopic (exact) mass is 288 g/mol. The number of rotatable bonds is 7. The van der Waals surface area contributed by atoms with Gasteiger partial charge in [-0.3, -0.25) is 0 Å². The number of anilines is 1. The lowest BCUT2D eigenvalue weighted by molar-refractivity contribution is 0.152. The van der Waals surface area contributed by atoms with Crippen molar-refractivity contribution < 1.29 is 4.74 Å². The standard InChI is InChI=1S/C18H28N2O/c1-3-20(17-8-4-15(2)5-9-17)13-18(10-11-21-14-18)12-19-16-6-7-16/h4-5,8-9,16,19H,3,6-7,10-14H2,1-2H3. The lowest BCUT2D eigenvalue weighted by Gasteiger charge is -2.35. The van der Waals surface area contributed by atoms with E-state index in [0.717, 1.165) is 38.9 Å².